The van der Waals surface area contributed by atoms with E-state index in [0.717, 1.165) is 31.8 Å². The quantitative estimate of drug-likeness (QED) is 0.688. The molecule has 1 N–H and O–H groups in total. The SMILES string of the molecule is CCCOCC(NC)c1nccn1CCC. The molecule has 0 aliphatic rings. The van der Waals surface area contributed by atoms with E-state index in [9.17, 15) is 0 Å². The Labute approximate surface area is 98.0 Å². The van der Waals surface area contributed by atoms with Gasteiger partial charge in [-0.3, -0.25) is 0 Å². The average molecular weight is 225 g/mol. The van der Waals surface area contributed by atoms with Crippen molar-refractivity contribution in [3.05, 3.63) is 18.2 Å². The molecule has 1 unspecified atom stereocenters. The monoisotopic (exact) mass is 225 g/mol. The van der Waals surface area contributed by atoms with Crippen LogP contribution in [0.1, 0.15) is 38.6 Å². The van der Waals surface area contributed by atoms with Gasteiger partial charge >= 0.3 is 0 Å². The third kappa shape index (κ3) is 3.61. The van der Waals surface area contributed by atoms with E-state index in [2.05, 4.69) is 28.7 Å². The van der Waals surface area contributed by atoms with E-state index in [-0.39, 0.29) is 6.04 Å². The maximum absolute atomic E-state index is 5.58. The zero-order valence-electron chi connectivity index (χ0n) is 10.6. The van der Waals surface area contributed by atoms with Crippen molar-refractivity contribution >= 4 is 0 Å². The van der Waals surface area contributed by atoms with E-state index in [0.29, 0.717) is 6.61 Å². The normalized spacial score (nSPS) is 12.9. The number of nitrogens with zero attached hydrogens (tertiary/aromatic N) is 2. The molecule has 92 valence electrons. The Kier molecular flexibility index (Phi) is 6.11. The van der Waals surface area contributed by atoms with Crippen LogP contribution in [0, 0.1) is 0 Å². The van der Waals surface area contributed by atoms with Gasteiger partial charge in [0, 0.05) is 25.5 Å². The van der Waals surface area contributed by atoms with E-state index >= 15 is 0 Å². The second-order valence-electron chi connectivity index (χ2n) is 3.90. The molecule has 1 aromatic heterocycles. The fraction of sp³-hybridized carbons (Fsp3) is 0.750. The first kappa shape index (κ1) is 13.2. The molecule has 16 heavy (non-hydrogen) atoms. The highest BCUT2D eigenvalue weighted by molar-refractivity contribution is 4.99. The Bertz CT molecular complexity index is 286. The van der Waals surface area contributed by atoms with Gasteiger partial charge in [-0.15, -0.1) is 0 Å². The van der Waals surface area contributed by atoms with Crippen molar-refractivity contribution in [3.8, 4) is 0 Å². The number of likely N-dealkylation sites (N-methyl/N-ethyl adjacent to an activating group) is 1. The van der Waals surface area contributed by atoms with E-state index in [1.807, 2.05) is 19.4 Å². The summed E-state index contributed by atoms with van der Waals surface area (Å²) < 4.78 is 7.77. The van der Waals surface area contributed by atoms with Crippen molar-refractivity contribution in [2.45, 2.75) is 39.3 Å². The highest BCUT2D eigenvalue weighted by Crippen LogP contribution is 2.11. The lowest BCUT2D eigenvalue weighted by Crippen LogP contribution is -2.25. The zero-order chi connectivity index (χ0) is 11.8. The van der Waals surface area contributed by atoms with Gasteiger partial charge in [-0.25, -0.2) is 4.98 Å². The van der Waals surface area contributed by atoms with Crippen LogP contribution in [-0.4, -0.2) is 29.8 Å². The lowest BCUT2D eigenvalue weighted by Gasteiger charge is -2.17. The number of rotatable bonds is 8. The molecule has 1 atom stereocenters. The summed E-state index contributed by atoms with van der Waals surface area (Å²) >= 11 is 0. The molecule has 0 saturated carbocycles. The maximum Gasteiger partial charge on any atom is 0.128 e. The van der Waals surface area contributed by atoms with Crippen molar-refractivity contribution < 1.29 is 4.74 Å². The Balaban J connectivity index is 2.59. The second kappa shape index (κ2) is 7.41. The van der Waals surface area contributed by atoms with E-state index in [1.54, 1.807) is 0 Å². The highest BCUT2D eigenvalue weighted by Gasteiger charge is 2.14. The van der Waals surface area contributed by atoms with Crippen LogP contribution in [0.15, 0.2) is 12.4 Å². The third-order valence-corrected chi connectivity index (χ3v) is 2.51. The van der Waals surface area contributed by atoms with E-state index in [4.69, 9.17) is 4.74 Å². The smallest absolute Gasteiger partial charge is 0.128 e. The first-order valence-corrected chi connectivity index (χ1v) is 6.09. The first-order valence-electron chi connectivity index (χ1n) is 6.09. The van der Waals surface area contributed by atoms with Crippen LogP contribution in [0.4, 0.5) is 0 Å². The molecule has 4 nitrogen and oxygen atoms in total. The third-order valence-electron chi connectivity index (χ3n) is 2.51. The molecule has 0 fully saturated rings. The van der Waals surface area contributed by atoms with Gasteiger partial charge in [0.1, 0.15) is 5.82 Å². The molecule has 0 saturated heterocycles. The number of ether oxygens (including phenoxy) is 1. The van der Waals surface area contributed by atoms with Crippen LogP contribution >= 0.6 is 0 Å². The minimum absolute atomic E-state index is 0.188. The molecular formula is C12H23N3O. The molecular weight excluding hydrogens is 202 g/mol. The summed E-state index contributed by atoms with van der Waals surface area (Å²) in [5, 5.41) is 3.25. The summed E-state index contributed by atoms with van der Waals surface area (Å²) in [6.45, 7) is 6.80. The Morgan fingerprint density at radius 2 is 2.25 bits per heavy atom. The molecule has 0 aliphatic carbocycles. The molecule has 0 amide bonds. The summed E-state index contributed by atoms with van der Waals surface area (Å²) in [4.78, 5) is 4.41. The van der Waals surface area contributed by atoms with Crippen LogP contribution in [0.5, 0.6) is 0 Å². The zero-order valence-corrected chi connectivity index (χ0v) is 10.6. The summed E-state index contributed by atoms with van der Waals surface area (Å²) in [6.07, 6.45) is 6.06. The number of aryl methyl sites for hydroxylation is 1. The van der Waals surface area contributed by atoms with E-state index in [1.165, 1.54) is 0 Å². The van der Waals surface area contributed by atoms with Gasteiger partial charge in [0.2, 0.25) is 0 Å². The van der Waals surface area contributed by atoms with Crippen LogP contribution in [0.3, 0.4) is 0 Å². The molecule has 0 radical (unpaired) electrons. The van der Waals surface area contributed by atoms with Gasteiger partial charge < -0.3 is 14.6 Å². The maximum atomic E-state index is 5.58. The molecule has 0 aliphatic heterocycles. The van der Waals surface area contributed by atoms with Crippen molar-refractivity contribution in [3.63, 3.8) is 0 Å². The summed E-state index contributed by atoms with van der Waals surface area (Å²) in [6, 6.07) is 0.188. The molecule has 0 bridgehead atoms. The Morgan fingerprint density at radius 3 is 2.88 bits per heavy atom. The van der Waals surface area contributed by atoms with Crippen molar-refractivity contribution in [1.82, 2.24) is 14.9 Å². The van der Waals surface area contributed by atoms with Gasteiger partial charge in [-0.2, -0.15) is 0 Å². The van der Waals surface area contributed by atoms with Crippen LogP contribution in [0.25, 0.3) is 0 Å². The highest BCUT2D eigenvalue weighted by atomic mass is 16.5. The Morgan fingerprint density at radius 1 is 1.44 bits per heavy atom. The average Bonchev–Trinajstić information content (AvgIpc) is 2.73. The van der Waals surface area contributed by atoms with Crippen molar-refractivity contribution in [1.29, 1.82) is 0 Å². The minimum atomic E-state index is 0.188. The topological polar surface area (TPSA) is 39.1 Å². The molecule has 4 heteroatoms. The number of hydrogen-bond acceptors (Lipinski definition) is 3. The molecule has 1 aromatic rings. The van der Waals surface area contributed by atoms with Crippen molar-refractivity contribution in [2.75, 3.05) is 20.3 Å². The fourth-order valence-corrected chi connectivity index (χ4v) is 1.69. The number of nitrogens with one attached hydrogen (secondary N) is 1. The molecule has 1 rings (SSSR count). The predicted molar refractivity (Wildman–Crippen MR) is 65.4 cm³/mol. The lowest BCUT2D eigenvalue weighted by molar-refractivity contribution is 0.111. The van der Waals surface area contributed by atoms with Crippen LogP contribution < -0.4 is 5.32 Å². The number of aromatic nitrogens is 2. The summed E-state index contributed by atoms with van der Waals surface area (Å²) in [7, 11) is 1.95. The number of imidazole rings is 1. The fourth-order valence-electron chi connectivity index (χ4n) is 1.69. The largest absolute Gasteiger partial charge is 0.379 e. The summed E-state index contributed by atoms with van der Waals surface area (Å²) in [5.41, 5.74) is 0. The van der Waals surface area contributed by atoms with Gasteiger partial charge in [0.15, 0.2) is 0 Å². The van der Waals surface area contributed by atoms with Gasteiger partial charge in [0.05, 0.1) is 12.6 Å². The molecule has 0 spiro atoms. The van der Waals surface area contributed by atoms with E-state index < -0.39 is 0 Å². The first-order chi connectivity index (χ1) is 7.83. The van der Waals surface area contributed by atoms with Gasteiger partial charge in [-0.05, 0) is 19.9 Å². The molecule has 0 aromatic carbocycles. The summed E-state index contributed by atoms with van der Waals surface area (Å²) in [5.74, 6) is 1.07. The van der Waals surface area contributed by atoms with Crippen LogP contribution in [0.2, 0.25) is 0 Å². The number of hydrogen-bond donors (Lipinski definition) is 1. The van der Waals surface area contributed by atoms with Crippen LogP contribution in [-0.2, 0) is 11.3 Å². The molecule has 1 heterocycles. The lowest BCUT2D eigenvalue weighted by atomic mass is 10.3. The van der Waals surface area contributed by atoms with Gasteiger partial charge in [0.25, 0.3) is 0 Å². The minimum Gasteiger partial charge on any atom is -0.379 e. The second-order valence-corrected chi connectivity index (χ2v) is 3.90. The van der Waals surface area contributed by atoms with Gasteiger partial charge in [-0.1, -0.05) is 13.8 Å². The standard InChI is InChI=1S/C12H23N3O/c1-4-7-15-8-6-14-12(15)11(13-3)10-16-9-5-2/h6,8,11,13H,4-5,7,9-10H2,1-3H3. The Hall–Kier alpha value is -0.870. The van der Waals surface area contributed by atoms with Crippen molar-refractivity contribution in [2.24, 2.45) is 0 Å². The predicted octanol–water partition coefficient (Wildman–Crippen LogP) is 1.98.